The van der Waals surface area contributed by atoms with Crippen LogP contribution in [0.25, 0.3) is 0 Å². The molecule has 0 radical (unpaired) electrons. The standard InChI is InChI=1S/C48H74O3/c1-37-38-27-31-47(6)42(45(38,4)30-28-41(37)49)26-25-39-40-36-44(2,3)32-34-48(40,35-33-46(39,47)5)29-23-21-19-17-15-13-11-9-7-8-10-12-14-16-18-20-22-24-43(50)51/h7,9-10,12-13,15-16,18-19,21,25,37-38,40-42,49H,8,11,14,17,20,22-24,26-36H2,1-6H3,(H,50,51)/b9-7-,12-10-,15-13-,18-16-,21-19-/t37-,38?,40+,41+,42-,45+,46-,47-,48-/m1/s1. The largest absolute Gasteiger partial charge is 0.481 e. The molecule has 0 aromatic carbocycles. The molecule has 4 fully saturated rings. The van der Waals surface area contributed by atoms with Crippen LogP contribution in [0.2, 0.25) is 0 Å². The lowest BCUT2D eigenvalue weighted by Crippen LogP contribution is -2.63. The highest BCUT2D eigenvalue weighted by atomic mass is 16.4. The summed E-state index contributed by atoms with van der Waals surface area (Å²) in [5, 5.41) is 19.5. The van der Waals surface area contributed by atoms with Crippen molar-refractivity contribution in [3.63, 3.8) is 0 Å². The van der Waals surface area contributed by atoms with Crippen molar-refractivity contribution in [3.05, 3.63) is 72.4 Å². The third kappa shape index (κ3) is 8.66. The average Bonchev–Trinajstić information content (AvgIpc) is 3.08. The summed E-state index contributed by atoms with van der Waals surface area (Å²) in [5.74, 6) is 1.87. The number of fused-ring (bicyclic) bond motifs is 7. The van der Waals surface area contributed by atoms with Crippen molar-refractivity contribution in [2.45, 2.75) is 170 Å². The summed E-state index contributed by atoms with van der Waals surface area (Å²) in [5.41, 5.74) is 3.79. The number of hydrogen-bond donors (Lipinski definition) is 2. The zero-order valence-electron chi connectivity index (χ0n) is 33.5. The molecule has 4 saturated carbocycles. The maximum atomic E-state index is 10.8. The maximum Gasteiger partial charge on any atom is 0.303 e. The Hall–Kier alpha value is -2.13. The Labute approximate surface area is 312 Å². The van der Waals surface area contributed by atoms with Crippen LogP contribution >= 0.6 is 0 Å². The first-order valence-electron chi connectivity index (χ1n) is 21.1. The molecule has 2 N–H and O–H groups in total. The maximum absolute atomic E-state index is 10.8. The monoisotopic (exact) mass is 699 g/mol. The normalized spacial score (nSPS) is 39.4. The fourth-order valence-electron chi connectivity index (χ4n) is 12.5. The van der Waals surface area contributed by atoms with Crippen molar-refractivity contribution in [1.29, 1.82) is 0 Å². The highest BCUT2D eigenvalue weighted by Crippen LogP contribution is 2.75. The van der Waals surface area contributed by atoms with Crippen LogP contribution in [0.15, 0.2) is 72.4 Å². The molecule has 284 valence electrons. The van der Waals surface area contributed by atoms with Gasteiger partial charge in [-0.1, -0.05) is 114 Å². The van der Waals surface area contributed by atoms with Gasteiger partial charge in [-0.15, -0.1) is 0 Å². The molecule has 5 aliphatic rings. The predicted octanol–water partition coefficient (Wildman–Crippen LogP) is 13.1. The Bertz CT molecular complexity index is 1360. The van der Waals surface area contributed by atoms with E-state index in [0.29, 0.717) is 45.3 Å². The van der Waals surface area contributed by atoms with Gasteiger partial charge in [-0.2, -0.15) is 0 Å². The highest BCUT2D eigenvalue weighted by Gasteiger charge is 2.66. The molecule has 5 rings (SSSR count). The van der Waals surface area contributed by atoms with Crippen molar-refractivity contribution >= 4 is 5.97 Å². The number of rotatable bonds is 15. The van der Waals surface area contributed by atoms with Gasteiger partial charge in [0.25, 0.3) is 0 Å². The van der Waals surface area contributed by atoms with E-state index < -0.39 is 5.97 Å². The summed E-state index contributed by atoms with van der Waals surface area (Å²) in [6.45, 7) is 15.5. The van der Waals surface area contributed by atoms with E-state index in [-0.39, 0.29) is 12.5 Å². The minimum atomic E-state index is -0.713. The second-order valence-corrected chi connectivity index (χ2v) is 19.2. The second-order valence-electron chi connectivity index (χ2n) is 19.2. The lowest BCUT2D eigenvalue weighted by molar-refractivity contribution is -0.180. The van der Waals surface area contributed by atoms with Gasteiger partial charge in [0.2, 0.25) is 0 Å². The van der Waals surface area contributed by atoms with Crippen LogP contribution in [-0.4, -0.2) is 22.3 Å². The van der Waals surface area contributed by atoms with Crippen LogP contribution in [0.5, 0.6) is 0 Å². The van der Waals surface area contributed by atoms with Crippen LogP contribution in [-0.2, 0) is 4.79 Å². The molecule has 0 bridgehead atoms. The van der Waals surface area contributed by atoms with Crippen LogP contribution < -0.4 is 0 Å². The molecule has 3 nitrogen and oxygen atoms in total. The molecular weight excluding hydrogens is 625 g/mol. The van der Waals surface area contributed by atoms with Gasteiger partial charge in [-0.05, 0) is 166 Å². The van der Waals surface area contributed by atoms with Gasteiger partial charge in [0.15, 0.2) is 0 Å². The summed E-state index contributed by atoms with van der Waals surface area (Å²) in [6.07, 6.45) is 46.5. The Kier molecular flexibility index (Phi) is 13.3. The number of unbranched alkanes of at least 4 members (excludes halogenated alkanes) is 1. The molecule has 51 heavy (non-hydrogen) atoms. The van der Waals surface area contributed by atoms with E-state index in [1.165, 1.54) is 70.6 Å². The molecule has 0 saturated heterocycles. The van der Waals surface area contributed by atoms with Crippen molar-refractivity contribution in [2.24, 2.45) is 50.7 Å². The fraction of sp³-hybridized carbons (Fsp3) is 0.729. The Morgan fingerprint density at radius 3 is 1.98 bits per heavy atom. The summed E-state index contributed by atoms with van der Waals surface area (Å²) < 4.78 is 0. The number of allylic oxidation sites excluding steroid dienone is 12. The molecule has 0 aromatic rings. The lowest BCUT2D eigenvalue weighted by atomic mass is 9.34. The molecule has 3 heteroatoms. The summed E-state index contributed by atoms with van der Waals surface area (Å²) in [7, 11) is 0. The van der Waals surface area contributed by atoms with E-state index in [0.717, 1.165) is 50.4 Å². The molecule has 0 heterocycles. The first kappa shape index (κ1) is 40.1. The molecule has 9 atom stereocenters. The van der Waals surface area contributed by atoms with Gasteiger partial charge in [-0.3, -0.25) is 4.79 Å². The molecule has 0 spiro atoms. The minimum Gasteiger partial charge on any atom is -0.481 e. The molecule has 0 aliphatic heterocycles. The zero-order chi connectivity index (χ0) is 36.8. The quantitative estimate of drug-likeness (QED) is 0.132. The second kappa shape index (κ2) is 16.9. The first-order valence-corrected chi connectivity index (χ1v) is 21.1. The number of carboxylic acids is 1. The topological polar surface area (TPSA) is 57.5 Å². The van der Waals surface area contributed by atoms with Crippen molar-refractivity contribution < 1.29 is 15.0 Å². The average molecular weight is 699 g/mol. The summed E-state index contributed by atoms with van der Waals surface area (Å²) in [6, 6.07) is 0. The number of hydrogen-bond acceptors (Lipinski definition) is 2. The van der Waals surface area contributed by atoms with Gasteiger partial charge in [0, 0.05) is 6.42 Å². The van der Waals surface area contributed by atoms with E-state index in [2.05, 4.69) is 108 Å². The number of aliphatic hydroxyl groups excluding tert-OH is 1. The Morgan fingerprint density at radius 2 is 1.35 bits per heavy atom. The lowest BCUT2D eigenvalue weighted by Gasteiger charge is -2.70. The van der Waals surface area contributed by atoms with Crippen molar-refractivity contribution in [2.75, 3.05) is 0 Å². The third-order valence-electron chi connectivity index (χ3n) is 15.9. The summed E-state index contributed by atoms with van der Waals surface area (Å²) in [4.78, 5) is 10.5. The van der Waals surface area contributed by atoms with Crippen LogP contribution in [0.1, 0.15) is 164 Å². The van der Waals surface area contributed by atoms with Gasteiger partial charge < -0.3 is 10.2 Å². The molecule has 0 aromatic heterocycles. The van der Waals surface area contributed by atoms with Crippen molar-refractivity contribution in [3.8, 4) is 0 Å². The number of aliphatic carboxylic acids is 1. The van der Waals surface area contributed by atoms with Gasteiger partial charge in [-0.25, -0.2) is 0 Å². The van der Waals surface area contributed by atoms with Crippen LogP contribution in [0.4, 0.5) is 0 Å². The number of carboxylic acid groups (broad SMARTS) is 1. The van der Waals surface area contributed by atoms with E-state index in [1.54, 1.807) is 0 Å². The first-order chi connectivity index (χ1) is 24.3. The van der Waals surface area contributed by atoms with E-state index in [4.69, 9.17) is 5.11 Å². The number of aliphatic hydroxyl groups is 1. The third-order valence-corrected chi connectivity index (χ3v) is 15.9. The van der Waals surface area contributed by atoms with Crippen molar-refractivity contribution in [1.82, 2.24) is 0 Å². The van der Waals surface area contributed by atoms with Crippen LogP contribution in [0, 0.1) is 50.7 Å². The predicted molar refractivity (Wildman–Crippen MR) is 215 cm³/mol. The van der Waals surface area contributed by atoms with Crippen LogP contribution in [0.3, 0.4) is 0 Å². The highest BCUT2D eigenvalue weighted by molar-refractivity contribution is 5.66. The molecular formula is C48H74O3. The Balaban J connectivity index is 1.12. The zero-order valence-corrected chi connectivity index (χ0v) is 33.5. The summed E-state index contributed by atoms with van der Waals surface area (Å²) >= 11 is 0. The van der Waals surface area contributed by atoms with E-state index in [9.17, 15) is 9.90 Å². The number of carbonyl (C=O) groups is 1. The van der Waals surface area contributed by atoms with Gasteiger partial charge in [0.05, 0.1) is 6.10 Å². The Morgan fingerprint density at radius 1 is 0.765 bits per heavy atom. The smallest absolute Gasteiger partial charge is 0.303 e. The molecule has 5 aliphatic carbocycles. The van der Waals surface area contributed by atoms with E-state index >= 15 is 0 Å². The van der Waals surface area contributed by atoms with E-state index in [1.807, 2.05) is 5.57 Å². The SMILES string of the molecule is C[C@@H]1C2CC[C@]3(C)[C@H](CC=C4[C@@H]5CC(C)(C)CC[C@]5(CC/C=C\C/C=C\C/C=C\C/C=C\C/C=C\CCCC(=O)O)CC[C@]43C)[C@@]2(C)CC[C@@H]1O. The fourth-order valence-corrected chi connectivity index (χ4v) is 12.5. The molecule has 0 amide bonds. The van der Waals surface area contributed by atoms with Gasteiger partial charge >= 0.3 is 5.97 Å². The van der Waals surface area contributed by atoms with Gasteiger partial charge in [0.1, 0.15) is 0 Å². The minimum absolute atomic E-state index is 0.103. The molecule has 1 unspecified atom stereocenters.